The first kappa shape index (κ1) is 73.8. The Morgan fingerprint density at radius 2 is 0.383 bits per heavy atom. The van der Waals surface area contributed by atoms with Crippen molar-refractivity contribution in [2.45, 2.75) is 202 Å². The van der Waals surface area contributed by atoms with Gasteiger partial charge >= 0.3 is 75.8 Å². The number of benzene rings is 6. The second kappa shape index (κ2) is 39.3. The zero-order valence-corrected chi connectivity index (χ0v) is 58.2. The first-order chi connectivity index (χ1) is 37.8. The summed E-state index contributed by atoms with van der Waals surface area (Å²) in [7, 11) is 0. The Bertz CT molecular complexity index is 2340. The van der Waals surface area contributed by atoms with Crippen molar-refractivity contribution in [3.63, 3.8) is 0 Å². The van der Waals surface area contributed by atoms with Gasteiger partial charge in [-0.15, -0.1) is 70.4 Å². The number of nitrogens with zero attached hydrogens (tertiary/aromatic N) is 6. The van der Waals surface area contributed by atoms with Crippen LogP contribution in [0.5, 0.6) is 0 Å². The molecule has 1 aliphatic heterocycles. The summed E-state index contributed by atoms with van der Waals surface area (Å²) in [6, 6.07) is 40.7. The number of ether oxygens (including phenoxy) is 1. The monoisotopic (exact) mass is 1260 g/mol. The van der Waals surface area contributed by atoms with Gasteiger partial charge in [-0.2, -0.15) is 0 Å². The maximum absolute atomic E-state index is 5.16. The van der Waals surface area contributed by atoms with Crippen LogP contribution in [0.2, 0.25) is 0 Å². The van der Waals surface area contributed by atoms with Crippen LogP contribution in [-0.4, -0.2) is 49.5 Å². The Morgan fingerprint density at radius 3 is 0.481 bits per heavy atom. The van der Waals surface area contributed by atoms with Gasteiger partial charge in [-0.3, -0.25) is 0 Å². The molecule has 0 saturated heterocycles. The van der Waals surface area contributed by atoms with Crippen molar-refractivity contribution in [3.05, 3.63) is 219 Å². The normalized spacial score (nSPS) is 11.2. The predicted octanol–water partition coefficient (Wildman–Crippen LogP) is 22.6. The van der Waals surface area contributed by atoms with Gasteiger partial charge in [0, 0.05) is 0 Å². The van der Waals surface area contributed by atoms with Crippen molar-refractivity contribution in [2.24, 2.45) is 0 Å². The molecule has 7 nitrogen and oxygen atoms in total. The van der Waals surface area contributed by atoms with E-state index in [9.17, 15) is 0 Å². The molecule has 81 heavy (non-hydrogen) atoms. The first-order valence-corrected chi connectivity index (χ1v) is 30.7. The summed E-state index contributed by atoms with van der Waals surface area (Å²) in [4.78, 5) is 0. The van der Waals surface area contributed by atoms with Gasteiger partial charge in [0.15, 0.2) is 0 Å². The fourth-order valence-electron chi connectivity index (χ4n) is 8.55. The summed E-state index contributed by atoms with van der Waals surface area (Å²) >= 11 is 3.68. The molecular weight excluding hydrogens is 1160 g/mol. The number of aryl methyl sites for hydroxylation is 12. The topological polar surface area (TPSA) is 93.8 Å². The Labute approximate surface area is 516 Å². The van der Waals surface area contributed by atoms with E-state index in [1.165, 1.54) is 77.9 Å². The third kappa shape index (κ3) is 36.1. The molecule has 0 aromatic heterocycles. The Balaban J connectivity index is 0.000000473. The van der Waals surface area contributed by atoms with Crippen LogP contribution in [0.1, 0.15) is 150 Å². The van der Waals surface area contributed by atoms with Crippen LogP contribution in [0, 0.1) is 91.5 Å². The van der Waals surface area contributed by atoms with Crippen LogP contribution in [-0.2, 0) is 43.0 Å². The van der Waals surface area contributed by atoms with Crippen LogP contribution >= 0.6 is 0 Å². The van der Waals surface area contributed by atoms with Crippen LogP contribution in [0.25, 0.3) is 31.9 Å². The Morgan fingerprint density at radius 1 is 0.259 bits per heavy atom. The number of hydrogen-bond donors (Lipinski definition) is 0. The van der Waals surface area contributed by atoms with E-state index >= 15 is 0 Å². The molecule has 1 heterocycles. The van der Waals surface area contributed by atoms with Gasteiger partial charge in [-0.1, -0.05) is 259 Å². The van der Waals surface area contributed by atoms with E-state index in [4.69, 9.17) is 4.74 Å². The van der Waals surface area contributed by atoms with Crippen molar-refractivity contribution >= 4 is 34.1 Å². The molecule has 442 valence electrons. The molecule has 9 heteroatoms. The van der Waals surface area contributed by atoms with E-state index in [2.05, 4.69) is 316 Å². The fourth-order valence-corrected chi connectivity index (χ4v) is 9.45. The van der Waals surface area contributed by atoms with Crippen LogP contribution in [0.4, 0.5) is 34.1 Å². The molecule has 6 aromatic carbocycles. The van der Waals surface area contributed by atoms with Gasteiger partial charge in [-0.05, 0) is 83.1 Å². The average molecular weight is 1260 g/mol. The molecule has 0 atom stereocenters. The van der Waals surface area contributed by atoms with Crippen LogP contribution in [0.15, 0.2) is 120 Å². The molecular formula is C72H100Mo2N6O-6. The van der Waals surface area contributed by atoms with E-state index in [1.807, 2.05) is 38.3 Å². The van der Waals surface area contributed by atoms with Crippen molar-refractivity contribution < 1.29 is 43.0 Å². The van der Waals surface area contributed by atoms with Crippen molar-refractivity contribution in [1.82, 2.24) is 0 Å². The van der Waals surface area contributed by atoms with E-state index in [0.717, 1.165) is 47.3 Å². The number of hydrogen-bond acceptors (Lipinski definition) is 1. The fraction of sp³-hybridized carbons (Fsp3) is 0.444. The summed E-state index contributed by atoms with van der Waals surface area (Å²) < 4.78 is 11.3. The van der Waals surface area contributed by atoms with Gasteiger partial charge in [0.05, 0.1) is 0 Å². The van der Waals surface area contributed by atoms with Gasteiger partial charge in [0.1, 0.15) is 0 Å². The summed E-state index contributed by atoms with van der Waals surface area (Å²) in [5, 5.41) is 26.9. The second-order valence-corrected chi connectivity index (χ2v) is 24.1. The standard InChI is InChI=1S/6C11H16N.C6H4O.2Mo/c6*1-8(2)12-11-6-9(3)5-10(4)7-11;1-5-3-7-4-6(5)2;;/h6*5-8H,1-4H3;3-4H2;;/q6*-1;;;. The molecule has 0 bridgehead atoms. The molecule has 0 aliphatic carbocycles. The molecule has 0 N–H and O–H groups in total. The SMILES string of the molecule is Cc1cc(C)cc([N-]C(C)C)c1.Cc1cc(C)cc([N-]C(C)C)c1.Cc1cc(C)cc([N-]C(C)C)c1.Cc1cc(C)cc([N-]C(C)C)c1.Cc1cc(C)cc([N-]C(C)C)c1.Cc1cc(C)cc([N-]C(C)C)c1.[Mo]#[C]C1=C([C]#[Mo])COC1. The third-order valence-corrected chi connectivity index (χ3v) is 12.0. The zero-order valence-electron chi connectivity index (χ0n) is 54.2. The molecule has 0 amide bonds. The van der Waals surface area contributed by atoms with Crippen molar-refractivity contribution in [2.75, 3.05) is 13.2 Å². The van der Waals surface area contributed by atoms with Crippen molar-refractivity contribution in [3.8, 4) is 8.40 Å². The van der Waals surface area contributed by atoms with E-state index in [-0.39, 0.29) is 0 Å². The summed E-state index contributed by atoms with van der Waals surface area (Å²) in [6.45, 7) is 51.8. The molecule has 0 radical (unpaired) electrons. The van der Waals surface area contributed by atoms with Gasteiger partial charge in [0.25, 0.3) is 0 Å². The van der Waals surface area contributed by atoms with E-state index in [0.29, 0.717) is 36.3 Å². The molecule has 0 fully saturated rings. The second-order valence-electron chi connectivity index (χ2n) is 23.1. The summed E-state index contributed by atoms with van der Waals surface area (Å²) in [6.07, 6.45) is 0. The quantitative estimate of drug-likeness (QED) is 0.112. The minimum atomic E-state index is 0.381. The Hall–Kier alpha value is -5.24. The van der Waals surface area contributed by atoms with Gasteiger partial charge < -0.3 is 31.9 Å². The first-order valence-electron chi connectivity index (χ1n) is 28.7. The zero-order chi connectivity index (χ0) is 61.5. The predicted molar refractivity (Wildman–Crippen MR) is 350 cm³/mol. The molecule has 0 spiro atoms. The van der Waals surface area contributed by atoms with Gasteiger partial charge in [0.2, 0.25) is 0 Å². The maximum atomic E-state index is 5.16. The molecule has 6 aromatic rings. The molecule has 1 aliphatic rings. The molecule has 7 rings (SSSR count). The van der Waals surface area contributed by atoms with Crippen molar-refractivity contribution in [1.29, 1.82) is 0 Å². The molecule has 0 saturated carbocycles. The van der Waals surface area contributed by atoms with Gasteiger partial charge in [-0.25, -0.2) is 0 Å². The summed E-state index contributed by atoms with van der Waals surface area (Å²) in [5.41, 5.74) is 24.4. The average Bonchev–Trinajstić information content (AvgIpc) is 3.75. The molecule has 0 unspecified atom stereocenters. The third-order valence-electron chi connectivity index (χ3n) is 10.8. The Kier molecular flexibility index (Phi) is 35.8. The minimum absolute atomic E-state index is 0.381. The van der Waals surface area contributed by atoms with Crippen LogP contribution < -0.4 is 0 Å². The number of rotatable bonds is 12. The van der Waals surface area contributed by atoms with E-state index < -0.39 is 0 Å². The van der Waals surface area contributed by atoms with Crippen LogP contribution in [0.3, 0.4) is 0 Å². The van der Waals surface area contributed by atoms with E-state index in [1.54, 1.807) is 0 Å². The summed E-state index contributed by atoms with van der Waals surface area (Å²) in [5.74, 6) is 0.